The number of hydrogen-bond acceptors (Lipinski definition) is 4. The molecule has 9 heteroatoms. The second-order valence-electron chi connectivity index (χ2n) is 8.01. The van der Waals surface area contributed by atoms with Gasteiger partial charge in [0.1, 0.15) is 5.60 Å². The summed E-state index contributed by atoms with van der Waals surface area (Å²) in [6, 6.07) is 0. The molecule has 1 amide bonds. The summed E-state index contributed by atoms with van der Waals surface area (Å²) < 4.78 is 37.9. The van der Waals surface area contributed by atoms with Crippen molar-refractivity contribution < 1.29 is 32.6 Å². The number of amides is 1. The Morgan fingerprint density at radius 1 is 1.18 bits per heavy atom. The van der Waals surface area contributed by atoms with Gasteiger partial charge in [0.15, 0.2) is 0 Å². The van der Waals surface area contributed by atoms with Crippen LogP contribution in [0.3, 0.4) is 0 Å². The molecular weight excluding hydrogens is 377 g/mol. The van der Waals surface area contributed by atoms with Crippen LogP contribution < -0.4 is 0 Å². The average molecular weight is 408 g/mol. The molecule has 162 valence electrons. The van der Waals surface area contributed by atoms with Gasteiger partial charge in [0, 0.05) is 12.5 Å². The lowest BCUT2D eigenvalue weighted by atomic mass is 9.79. The Morgan fingerprint density at radius 3 is 2.11 bits per heavy atom. The van der Waals surface area contributed by atoms with Gasteiger partial charge in [-0.25, -0.2) is 4.79 Å². The normalized spacial score (nSPS) is 24.2. The minimum atomic E-state index is -5.08. The van der Waals surface area contributed by atoms with Crippen molar-refractivity contribution in [1.29, 1.82) is 0 Å². The maximum absolute atomic E-state index is 12.2. The summed E-state index contributed by atoms with van der Waals surface area (Å²) in [6.45, 7) is 10.4. The number of ether oxygens (including phenoxy) is 1. The summed E-state index contributed by atoms with van der Waals surface area (Å²) in [5.41, 5.74) is 0.0131. The van der Waals surface area contributed by atoms with E-state index in [1.54, 1.807) is 0 Å². The van der Waals surface area contributed by atoms with Crippen LogP contribution in [0.2, 0.25) is 0 Å². The van der Waals surface area contributed by atoms with Gasteiger partial charge in [-0.05, 0) is 44.7 Å². The van der Waals surface area contributed by atoms with Crippen molar-refractivity contribution in [3.05, 3.63) is 0 Å². The van der Waals surface area contributed by atoms with Crippen LogP contribution in [-0.4, -0.2) is 77.9 Å². The van der Waals surface area contributed by atoms with Crippen molar-refractivity contribution in [3.8, 4) is 0 Å². The molecule has 1 aliphatic carbocycles. The van der Waals surface area contributed by atoms with Gasteiger partial charge in [-0.1, -0.05) is 20.3 Å². The Kier molecular flexibility index (Phi) is 7.73. The van der Waals surface area contributed by atoms with Gasteiger partial charge in [-0.2, -0.15) is 13.2 Å². The van der Waals surface area contributed by atoms with E-state index in [0.29, 0.717) is 17.7 Å². The summed E-state index contributed by atoms with van der Waals surface area (Å²) in [7, 11) is 0. The van der Waals surface area contributed by atoms with Crippen LogP contribution in [0.4, 0.5) is 13.2 Å². The summed E-state index contributed by atoms with van der Waals surface area (Å²) >= 11 is 0. The van der Waals surface area contributed by atoms with E-state index in [1.807, 2.05) is 4.90 Å². The van der Waals surface area contributed by atoms with E-state index < -0.39 is 12.1 Å². The fraction of sp³-hybridized carbons (Fsp3) is 0.895. The molecule has 0 bridgehead atoms. The highest BCUT2D eigenvalue weighted by Gasteiger charge is 2.49. The summed E-state index contributed by atoms with van der Waals surface area (Å²) in [4.78, 5) is 25.6. The zero-order valence-corrected chi connectivity index (χ0v) is 16.6. The number of nitrogens with zero attached hydrogens (tertiary/aromatic N) is 2. The minimum absolute atomic E-state index is 0.0131. The molecule has 2 heterocycles. The fourth-order valence-corrected chi connectivity index (χ4v) is 3.88. The minimum Gasteiger partial charge on any atom is -0.475 e. The summed E-state index contributed by atoms with van der Waals surface area (Å²) in [5.74, 6) is -1.36. The molecule has 1 N–H and O–H groups in total. The number of rotatable bonds is 5. The van der Waals surface area contributed by atoms with Gasteiger partial charge in [0.2, 0.25) is 5.91 Å². The van der Waals surface area contributed by atoms with Crippen molar-refractivity contribution >= 4 is 11.9 Å². The third-order valence-corrected chi connectivity index (χ3v) is 6.01. The zero-order valence-electron chi connectivity index (χ0n) is 16.6. The molecule has 0 aromatic carbocycles. The van der Waals surface area contributed by atoms with Gasteiger partial charge < -0.3 is 19.6 Å². The highest BCUT2D eigenvalue weighted by atomic mass is 19.4. The average Bonchev–Trinajstić information content (AvgIpc) is 2.56. The second-order valence-corrected chi connectivity index (χ2v) is 8.01. The number of hydrogen-bond donors (Lipinski definition) is 1. The van der Waals surface area contributed by atoms with Crippen LogP contribution in [-0.2, 0) is 14.3 Å². The zero-order chi connectivity index (χ0) is 20.9. The van der Waals surface area contributed by atoms with Crippen molar-refractivity contribution in [1.82, 2.24) is 9.80 Å². The molecule has 3 rings (SSSR count). The fourth-order valence-electron chi connectivity index (χ4n) is 3.88. The molecule has 2 saturated heterocycles. The van der Waals surface area contributed by atoms with Gasteiger partial charge in [-0.3, -0.25) is 4.79 Å². The van der Waals surface area contributed by atoms with Gasteiger partial charge in [0.05, 0.1) is 19.7 Å². The number of carboxylic acids is 1. The van der Waals surface area contributed by atoms with Crippen molar-refractivity contribution in [2.45, 2.75) is 57.7 Å². The third kappa shape index (κ3) is 5.83. The molecule has 0 aromatic rings. The molecule has 6 nitrogen and oxygen atoms in total. The first-order chi connectivity index (χ1) is 13.1. The lowest BCUT2D eigenvalue weighted by molar-refractivity contribution is -0.193. The second kappa shape index (κ2) is 9.43. The molecule has 1 atom stereocenters. The topological polar surface area (TPSA) is 70.1 Å². The molecule has 1 spiro atoms. The smallest absolute Gasteiger partial charge is 0.475 e. The van der Waals surface area contributed by atoms with Crippen molar-refractivity contribution in [2.75, 3.05) is 39.3 Å². The lowest BCUT2D eigenvalue weighted by Crippen LogP contribution is -2.67. The van der Waals surface area contributed by atoms with E-state index in [9.17, 15) is 18.0 Å². The Bertz CT molecular complexity index is 532. The van der Waals surface area contributed by atoms with Gasteiger partial charge >= 0.3 is 12.1 Å². The molecule has 1 unspecified atom stereocenters. The van der Waals surface area contributed by atoms with Crippen LogP contribution in [0, 0.1) is 11.8 Å². The Morgan fingerprint density at radius 2 is 1.75 bits per heavy atom. The Balaban J connectivity index is 0.000000345. The summed E-state index contributed by atoms with van der Waals surface area (Å²) in [5, 5.41) is 7.12. The van der Waals surface area contributed by atoms with Crippen LogP contribution in [0.15, 0.2) is 0 Å². The highest BCUT2D eigenvalue weighted by Crippen LogP contribution is 2.39. The number of carboxylic acid groups (broad SMARTS) is 1. The van der Waals surface area contributed by atoms with E-state index in [-0.39, 0.29) is 5.60 Å². The van der Waals surface area contributed by atoms with Crippen LogP contribution in [0.5, 0.6) is 0 Å². The first kappa shape index (κ1) is 22.9. The van der Waals surface area contributed by atoms with E-state index in [4.69, 9.17) is 14.6 Å². The Hall–Kier alpha value is -1.35. The molecule has 3 fully saturated rings. The van der Waals surface area contributed by atoms with E-state index >= 15 is 0 Å². The van der Waals surface area contributed by atoms with Crippen molar-refractivity contribution in [3.63, 3.8) is 0 Å². The molecule has 0 radical (unpaired) electrons. The molecule has 0 aromatic heterocycles. The molecule has 3 aliphatic rings. The predicted molar refractivity (Wildman–Crippen MR) is 96.8 cm³/mol. The van der Waals surface area contributed by atoms with Gasteiger partial charge in [-0.15, -0.1) is 0 Å². The summed E-state index contributed by atoms with van der Waals surface area (Å²) in [6.07, 6.45) is 0.749. The largest absolute Gasteiger partial charge is 0.490 e. The first-order valence-electron chi connectivity index (χ1n) is 10.1. The lowest BCUT2D eigenvalue weighted by Gasteiger charge is -2.54. The maximum atomic E-state index is 12.2. The van der Waals surface area contributed by atoms with E-state index in [1.165, 1.54) is 12.8 Å². The molecule has 28 heavy (non-hydrogen) atoms. The maximum Gasteiger partial charge on any atom is 0.490 e. The van der Waals surface area contributed by atoms with Crippen LogP contribution in [0.1, 0.15) is 46.0 Å². The monoisotopic (exact) mass is 408 g/mol. The van der Waals surface area contributed by atoms with Crippen molar-refractivity contribution in [2.24, 2.45) is 11.8 Å². The third-order valence-electron chi connectivity index (χ3n) is 6.01. The number of likely N-dealkylation sites (tertiary alicyclic amines) is 1. The molecular formula is C19H31F3N2O4. The number of aliphatic carboxylic acids is 1. The molecule has 2 aliphatic heterocycles. The number of halogens is 3. The number of alkyl halides is 3. The standard InChI is InChI=1S/C17H30N2O2.C2HF3O2/c1-3-18(4-2)10-14-8-9-17(21-11-14)12-19(13-17)16(20)15-6-5-7-15;3-2(4,5)1(6)7/h14-15H,3-13H2,1-2H3;(H,6,7). The molecule has 1 saturated carbocycles. The number of carbonyl (C=O) groups is 2. The predicted octanol–water partition coefficient (Wildman–Crippen LogP) is 2.77. The highest BCUT2D eigenvalue weighted by molar-refractivity contribution is 5.80. The SMILES string of the molecule is CCN(CC)CC1CCC2(CN(C(=O)C3CCC3)C2)OC1.O=C(O)C(F)(F)F. The first-order valence-corrected chi connectivity index (χ1v) is 10.1. The Labute approximate surface area is 164 Å². The van der Waals surface area contributed by atoms with E-state index in [2.05, 4.69) is 18.7 Å². The quantitative estimate of drug-likeness (QED) is 0.758. The van der Waals surface area contributed by atoms with E-state index in [0.717, 1.165) is 58.6 Å². The number of carbonyl (C=O) groups excluding carboxylic acids is 1. The van der Waals surface area contributed by atoms with Crippen LogP contribution >= 0.6 is 0 Å². The van der Waals surface area contributed by atoms with Gasteiger partial charge in [0.25, 0.3) is 0 Å². The van der Waals surface area contributed by atoms with Crippen LogP contribution in [0.25, 0.3) is 0 Å².